The van der Waals surface area contributed by atoms with Crippen molar-refractivity contribution in [3.05, 3.63) is 47.3 Å². The van der Waals surface area contributed by atoms with Gasteiger partial charge in [-0.3, -0.25) is 9.28 Å². The maximum absolute atomic E-state index is 10.8. The van der Waals surface area contributed by atoms with Crippen LogP contribution in [0, 0.1) is 0 Å². The van der Waals surface area contributed by atoms with Crippen LogP contribution in [0.5, 0.6) is 5.75 Å². The summed E-state index contributed by atoms with van der Waals surface area (Å²) in [5, 5.41) is 6.93. The van der Waals surface area contributed by atoms with E-state index in [2.05, 4.69) is 14.4 Å². The number of ether oxygens (including phenoxy) is 1. The third kappa shape index (κ3) is 6.01. The van der Waals surface area contributed by atoms with E-state index in [0.29, 0.717) is 31.7 Å². The highest BCUT2D eigenvalue weighted by Gasteiger charge is 2.06. The molecule has 0 unspecified atom stereocenters. The molecular weight excluding hydrogens is 318 g/mol. The van der Waals surface area contributed by atoms with Crippen LogP contribution in [0.15, 0.2) is 30.5 Å². The summed E-state index contributed by atoms with van der Waals surface area (Å²) in [6.45, 7) is 0.895. The topological polar surface area (TPSA) is 107 Å². The van der Waals surface area contributed by atoms with Crippen molar-refractivity contribution in [2.75, 3.05) is 19.5 Å². The summed E-state index contributed by atoms with van der Waals surface area (Å²) in [4.78, 5) is 0. The predicted octanol–water partition coefficient (Wildman–Crippen LogP) is 1.20. The summed E-state index contributed by atoms with van der Waals surface area (Å²) in [5.74, 6) is 0.704. The molecule has 0 aliphatic heterocycles. The first-order valence-electron chi connectivity index (χ1n) is 7.25. The second kappa shape index (κ2) is 8.09. The minimum atomic E-state index is -3.39. The van der Waals surface area contributed by atoms with E-state index in [-0.39, 0.29) is 6.61 Å². The molecule has 0 spiro atoms. The minimum absolute atomic E-state index is 0.111. The average Bonchev–Trinajstić information content (AvgIpc) is 3.00. The number of H-pyrrole nitrogens is 1. The first-order chi connectivity index (χ1) is 11.0. The smallest absolute Gasteiger partial charge is 0.264 e. The van der Waals surface area contributed by atoms with Gasteiger partial charge in [0.1, 0.15) is 5.75 Å². The molecule has 0 saturated carbocycles. The highest BCUT2D eigenvalue weighted by Crippen LogP contribution is 2.20. The number of hydrogen-bond acceptors (Lipinski definition) is 6. The van der Waals surface area contributed by atoms with Gasteiger partial charge in [0.05, 0.1) is 25.2 Å². The van der Waals surface area contributed by atoms with Gasteiger partial charge in [-0.05, 0) is 29.3 Å². The van der Waals surface area contributed by atoms with Gasteiger partial charge >= 0.3 is 0 Å². The molecule has 7 nitrogen and oxygen atoms in total. The van der Waals surface area contributed by atoms with Crippen molar-refractivity contribution >= 4 is 10.1 Å². The minimum Gasteiger partial charge on any atom is -0.493 e. The van der Waals surface area contributed by atoms with Gasteiger partial charge in [0.15, 0.2) is 0 Å². The molecular formula is C15H21N3O4S. The van der Waals surface area contributed by atoms with Crippen LogP contribution in [-0.2, 0) is 27.3 Å². The number of aromatic amines is 1. The van der Waals surface area contributed by atoms with E-state index in [1.165, 1.54) is 0 Å². The molecule has 1 aromatic carbocycles. The van der Waals surface area contributed by atoms with Crippen molar-refractivity contribution in [3.63, 3.8) is 0 Å². The number of hydrogen-bond donors (Lipinski definition) is 2. The monoisotopic (exact) mass is 339 g/mol. The van der Waals surface area contributed by atoms with Crippen LogP contribution >= 0.6 is 0 Å². The number of nitrogens with one attached hydrogen (secondary N) is 1. The first-order valence-corrected chi connectivity index (χ1v) is 9.07. The fourth-order valence-corrected chi connectivity index (χ4v) is 2.52. The Kier molecular flexibility index (Phi) is 6.14. The second-order valence-corrected chi connectivity index (χ2v) is 6.75. The average molecular weight is 339 g/mol. The highest BCUT2D eigenvalue weighted by molar-refractivity contribution is 7.85. The van der Waals surface area contributed by atoms with Crippen molar-refractivity contribution in [1.82, 2.24) is 10.2 Å². The third-order valence-electron chi connectivity index (χ3n) is 3.18. The summed E-state index contributed by atoms with van der Waals surface area (Å²) in [6.07, 6.45) is 4.01. The Bertz CT molecular complexity index is 714. The van der Waals surface area contributed by atoms with E-state index in [1.807, 2.05) is 24.3 Å². The van der Waals surface area contributed by atoms with Gasteiger partial charge in [0.2, 0.25) is 0 Å². The zero-order valence-corrected chi connectivity index (χ0v) is 13.8. The molecule has 2 aromatic rings. The van der Waals surface area contributed by atoms with Crippen LogP contribution in [-0.4, -0.2) is 38.1 Å². The van der Waals surface area contributed by atoms with E-state index in [9.17, 15) is 8.42 Å². The van der Waals surface area contributed by atoms with Gasteiger partial charge in [-0.1, -0.05) is 6.07 Å². The number of aromatic nitrogens is 2. The maximum Gasteiger partial charge on any atom is 0.264 e. The van der Waals surface area contributed by atoms with Crippen LogP contribution in [0.1, 0.15) is 23.2 Å². The predicted molar refractivity (Wildman–Crippen MR) is 86.6 cm³/mol. The largest absolute Gasteiger partial charge is 0.493 e. The zero-order valence-electron chi connectivity index (χ0n) is 13.0. The summed E-state index contributed by atoms with van der Waals surface area (Å²) in [5.41, 5.74) is 8.85. The molecule has 23 heavy (non-hydrogen) atoms. The first kappa shape index (κ1) is 17.5. The lowest BCUT2D eigenvalue weighted by atomic mass is 10.0. The summed E-state index contributed by atoms with van der Waals surface area (Å²) in [7, 11) is -3.39. The summed E-state index contributed by atoms with van der Waals surface area (Å²) < 4.78 is 31.9. The van der Waals surface area contributed by atoms with Crippen LogP contribution in [0.3, 0.4) is 0 Å². The van der Waals surface area contributed by atoms with E-state index in [4.69, 9.17) is 10.5 Å². The summed E-state index contributed by atoms with van der Waals surface area (Å²) in [6, 6.07) is 7.67. The standard InChI is InChI=1S/C15H21N3O4S/c1-23(19,20)22-8-2-7-21-15-4-3-12(13(10-15)11-16)9-14-5-6-17-18-14/h3-6,10H,2,7-9,11,16H2,1H3,(H,17,18). The fourth-order valence-electron chi connectivity index (χ4n) is 2.10. The molecule has 0 amide bonds. The summed E-state index contributed by atoms with van der Waals surface area (Å²) >= 11 is 0. The van der Waals surface area contributed by atoms with Crippen LogP contribution in [0.25, 0.3) is 0 Å². The number of benzene rings is 1. The van der Waals surface area contributed by atoms with Gasteiger partial charge in [0.25, 0.3) is 10.1 Å². The van der Waals surface area contributed by atoms with Gasteiger partial charge in [0, 0.05) is 25.6 Å². The van der Waals surface area contributed by atoms with Crippen LogP contribution in [0.4, 0.5) is 0 Å². The lowest BCUT2D eigenvalue weighted by molar-refractivity contribution is 0.252. The van der Waals surface area contributed by atoms with E-state index < -0.39 is 10.1 Å². The Balaban J connectivity index is 1.88. The molecule has 0 aliphatic carbocycles. The van der Waals surface area contributed by atoms with E-state index in [0.717, 1.165) is 23.1 Å². The molecule has 0 atom stereocenters. The Labute approximate surface area is 135 Å². The molecule has 126 valence electrons. The third-order valence-corrected chi connectivity index (χ3v) is 3.78. The Morgan fingerprint density at radius 1 is 1.22 bits per heavy atom. The molecule has 1 heterocycles. The molecule has 0 radical (unpaired) electrons. The van der Waals surface area contributed by atoms with Gasteiger partial charge in [-0.25, -0.2) is 0 Å². The van der Waals surface area contributed by atoms with Crippen molar-refractivity contribution in [2.24, 2.45) is 5.73 Å². The molecule has 0 saturated heterocycles. The quantitative estimate of drug-likeness (QED) is 0.525. The second-order valence-electron chi connectivity index (χ2n) is 5.11. The number of nitrogens with zero attached hydrogens (tertiary/aromatic N) is 1. The van der Waals surface area contributed by atoms with Crippen molar-refractivity contribution in [2.45, 2.75) is 19.4 Å². The molecule has 0 bridgehead atoms. The van der Waals surface area contributed by atoms with Gasteiger partial charge < -0.3 is 10.5 Å². The molecule has 8 heteroatoms. The molecule has 0 aliphatic rings. The van der Waals surface area contributed by atoms with E-state index in [1.54, 1.807) is 6.20 Å². The lowest BCUT2D eigenvalue weighted by Gasteiger charge is -2.11. The van der Waals surface area contributed by atoms with E-state index >= 15 is 0 Å². The molecule has 1 aromatic heterocycles. The molecule has 0 fully saturated rings. The maximum atomic E-state index is 10.8. The molecule has 2 rings (SSSR count). The van der Waals surface area contributed by atoms with Gasteiger partial charge in [-0.15, -0.1) is 0 Å². The SMILES string of the molecule is CS(=O)(=O)OCCCOc1ccc(Cc2cc[nH]n2)c(CN)c1. The number of rotatable bonds is 9. The highest BCUT2D eigenvalue weighted by atomic mass is 32.2. The van der Waals surface area contributed by atoms with Gasteiger partial charge in [-0.2, -0.15) is 13.5 Å². The zero-order chi connectivity index (χ0) is 16.7. The lowest BCUT2D eigenvalue weighted by Crippen LogP contribution is -2.08. The van der Waals surface area contributed by atoms with Crippen molar-refractivity contribution < 1.29 is 17.3 Å². The molecule has 3 N–H and O–H groups in total. The van der Waals surface area contributed by atoms with Crippen LogP contribution in [0.2, 0.25) is 0 Å². The Morgan fingerprint density at radius 3 is 2.70 bits per heavy atom. The van der Waals surface area contributed by atoms with Crippen LogP contribution < -0.4 is 10.5 Å². The Hall–Kier alpha value is -1.90. The van der Waals surface area contributed by atoms with Crippen molar-refractivity contribution in [1.29, 1.82) is 0 Å². The number of nitrogens with two attached hydrogens (primary N) is 1. The Morgan fingerprint density at radius 2 is 2.04 bits per heavy atom. The fraction of sp³-hybridized carbons (Fsp3) is 0.400. The normalized spacial score (nSPS) is 11.6. The van der Waals surface area contributed by atoms with Crippen molar-refractivity contribution in [3.8, 4) is 5.75 Å².